The molecule has 46 heavy (non-hydrogen) atoms. The van der Waals surface area contributed by atoms with E-state index >= 15 is 0 Å². The number of amides is 2. The number of ketones is 1. The van der Waals surface area contributed by atoms with E-state index in [1.54, 1.807) is 54.4 Å². The van der Waals surface area contributed by atoms with Crippen LogP contribution in [0.2, 0.25) is 0 Å². The number of carbonyl (C=O) groups is 4. The molecule has 1 unspecified atom stereocenters. The zero-order valence-corrected chi connectivity index (χ0v) is 26.6. The molecule has 2 amide bonds. The number of carbonyl (C=O) groups excluding carboxylic acids is 3. The second kappa shape index (κ2) is 16.9. The average Bonchev–Trinajstić information content (AvgIpc) is 3.09. The number of aliphatic carboxylic acids is 1. The molecule has 0 saturated heterocycles. The first-order valence-corrected chi connectivity index (χ1v) is 16.0. The van der Waals surface area contributed by atoms with Crippen LogP contribution in [0.5, 0.6) is 0 Å². The summed E-state index contributed by atoms with van der Waals surface area (Å²) >= 11 is 0. The molecular formula is C39H42N2O5. The van der Waals surface area contributed by atoms with Crippen LogP contribution >= 0.6 is 0 Å². The minimum Gasteiger partial charge on any atom is -0.480 e. The lowest BCUT2D eigenvalue weighted by Gasteiger charge is -2.24. The van der Waals surface area contributed by atoms with E-state index in [4.69, 9.17) is 0 Å². The zero-order chi connectivity index (χ0) is 32.9. The number of unbranched alkanes of at least 4 members (excludes halogenated alkanes) is 5. The number of hydrogen-bond acceptors (Lipinski definition) is 4. The van der Waals surface area contributed by atoms with Crippen LogP contribution in [0.3, 0.4) is 0 Å². The van der Waals surface area contributed by atoms with Gasteiger partial charge < -0.3 is 15.3 Å². The first-order valence-electron chi connectivity index (χ1n) is 16.0. The lowest BCUT2D eigenvalue weighted by molar-refractivity contribution is -0.139. The fourth-order valence-electron chi connectivity index (χ4n) is 5.44. The van der Waals surface area contributed by atoms with Crippen molar-refractivity contribution in [2.75, 3.05) is 11.9 Å². The summed E-state index contributed by atoms with van der Waals surface area (Å²) in [7, 11) is 1.72. The third-order valence-corrected chi connectivity index (χ3v) is 8.12. The average molecular weight is 619 g/mol. The van der Waals surface area contributed by atoms with Crippen LogP contribution in [0.15, 0.2) is 103 Å². The first kappa shape index (κ1) is 33.8. The van der Waals surface area contributed by atoms with Crippen LogP contribution in [-0.2, 0) is 16.0 Å². The van der Waals surface area contributed by atoms with Gasteiger partial charge in [0.05, 0.1) is 0 Å². The van der Waals surface area contributed by atoms with E-state index in [2.05, 4.69) is 12.2 Å². The van der Waals surface area contributed by atoms with Gasteiger partial charge in [0.2, 0.25) is 5.91 Å². The largest absolute Gasteiger partial charge is 0.480 e. The van der Waals surface area contributed by atoms with E-state index in [0.29, 0.717) is 28.8 Å². The minimum atomic E-state index is -1.27. The van der Waals surface area contributed by atoms with Crippen LogP contribution < -0.4 is 10.2 Å². The molecule has 0 aromatic heterocycles. The highest BCUT2D eigenvalue weighted by atomic mass is 16.4. The zero-order valence-electron chi connectivity index (χ0n) is 26.6. The monoisotopic (exact) mass is 618 g/mol. The van der Waals surface area contributed by atoms with Crippen molar-refractivity contribution in [1.29, 1.82) is 0 Å². The van der Waals surface area contributed by atoms with Gasteiger partial charge in [-0.2, -0.15) is 0 Å². The van der Waals surface area contributed by atoms with Gasteiger partial charge in [-0.1, -0.05) is 124 Å². The molecule has 0 saturated carbocycles. The summed E-state index contributed by atoms with van der Waals surface area (Å²) in [5.74, 6) is -2.09. The third kappa shape index (κ3) is 9.24. The number of nitrogens with one attached hydrogen (secondary N) is 1. The van der Waals surface area contributed by atoms with Crippen molar-refractivity contribution in [1.82, 2.24) is 5.32 Å². The highest BCUT2D eigenvalue weighted by Gasteiger charge is 2.25. The number of nitrogens with zero attached hydrogens (tertiary/aromatic N) is 1. The molecule has 0 aliphatic rings. The molecule has 7 heteroatoms. The van der Waals surface area contributed by atoms with Gasteiger partial charge >= 0.3 is 5.97 Å². The smallest absolute Gasteiger partial charge is 0.326 e. The molecule has 0 bridgehead atoms. The van der Waals surface area contributed by atoms with Crippen LogP contribution in [0.4, 0.5) is 5.69 Å². The Kier molecular flexibility index (Phi) is 12.4. The standard InChI is InChI=1S/C39H42N2O5/c1-3-4-5-6-7-14-22-36(42)41(2)35-27-30(28-16-10-8-11-17-28)23-24-31(35)26-34(39(45)46)40-38(44)33-21-15-20-32(25-33)37(43)29-18-12-9-13-19-29/h8-13,15-21,23-25,27,34H,3-7,14,22,26H2,1-2H3,(H,40,44)(H,45,46). The molecule has 4 aromatic rings. The van der Waals surface area contributed by atoms with Crippen molar-refractivity contribution in [3.63, 3.8) is 0 Å². The number of hydrogen-bond donors (Lipinski definition) is 2. The van der Waals surface area contributed by atoms with Crippen molar-refractivity contribution in [2.24, 2.45) is 0 Å². The Hall–Kier alpha value is -5.04. The number of carboxylic acid groups (broad SMARTS) is 1. The predicted molar refractivity (Wildman–Crippen MR) is 182 cm³/mol. The van der Waals surface area contributed by atoms with Gasteiger partial charge in [-0.15, -0.1) is 0 Å². The van der Waals surface area contributed by atoms with E-state index in [1.807, 2.05) is 54.6 Å². The Bertz CT molecular complexity index is 1630. The van der Waals surface area contributed by atoms with Gasteiger partial charge in [0.25, 0.3) is 5.91 Å². The maximum atomic E-state index is 13.3. The molecular weight excluding hydrogens is 576 g/mol. The number of rotatable bonds is 16. The third-order valence-electron chi connectivity index (χ3n) is 8.12. The molecule has 0 aliphatic heterocycles. The molecule has 4 rings (SSSR count). The van der Waals surface area contributed by atoms with Gasteiger partial charge in [-0.3, -0.25) is 14.4 Å². The van der Waals surface area contributed by atoms with Crippen molar-refractivity contribution in [3.8, 4) is 11.1 Å². The Morgan fingerprint density at radius 1 is 0.696 bits per heavy atom. The van der Waals surface area contributed by atoms with Gasteiger partial charge in [-0.05, 0) is 41.3 Å². The van der Waals surface area contributed by atoms with Gasteiger partial charge in [0.1, 0.15) is 6.04 Å². The molecule has 4 aromatic carbocycles. The first-order chi connectivity index (χ1) is 22.3. The molecule has 7 nitrogen and oxygen atoms in total. The molecule has 0 radical (unpaired) electrons. The fourth-order valence-corrected chi connectivity index (χ4v) is 5.44. The second-order valence-corrected chi connectivity index (χ2v) is 11.5. The summed E-state index contributed by atoms with van der Waals surface area (Å²) < 4.78 is 0. The second-order valence-electron chi connectivity index (χ2n) is 11.5. The van der Waals surface area contributed by atoms with E-state index in [0.717, 1.165) is 30.4 Å². The van der Waals surface area contributed by atoms with Crippen LogP contribution in [-0.4, -0.2) is 41.8 Å². The van der Waals surface area contributed by atoms with Crippen molar-refractivity contribution >= 4 is 29.3 Å². The quantitative estimate of drug-likeness (QED) is 0.0988. The van der Waals surface area contributed by atoms with Gasteiger partial charge in [-0.25, -0.2) is 4.79 Å². The van der Waals surface area contributed by atoms with E-state index < -0.39 is 17.9 Å². The maximum absolute atomic E-state index is 13.3. The highest BCUT2D eigenvalue weighted by molar-refractivity contribution is 6.10. The van der Waals surface area contributed by atoms with Gasteiger partial charge in [0, 0.05) is 42.3 Å². The fraction of sp³-hybridized carbons (Fsp3) is 0.282. The van der Waals surface area contributed by atoms with E-state index in [1.165, 1.54) is 25.3 Å². The Morgan fingerprint density at radius 2 is 1.33 bits per heavy atom. The number of carboxylic acids is 1. The van der Waals surface area contributed by atoms with Crippen LogP contribution in [0.1, 0.15) is 83.7 Å². The SMILES string of the molecule is CCCCCCCCC(=O)N(C)c1cc(-c2ccccc2)ccc1CC(NC(=O)c1cccc(C(=O)c2ccccc2)c1)C(=O)O. The molecule has 0 fully saturated rings. The molecule has 1 atom stereocenters. The normalized spacial score (nSPS) is 11.4. The summed E-state index contributed by atoms with van der Waals surface area (Å²) in [6.45, 7) is 2.17. The summed E-state index contributed by atoms with van der Waals surface area (Å²) in [6.07, 6.45) is 6.77. The summed E-state index contributed by atoms with van der Waals surface area (Å²) in [6, 6.07) is 29.1. The minimum absolute atomic E-state index is 0.0389. The van der Waals surface area contributed by atoms with Crippen molar-refractivity contribution in [3.05, 3.63) is 125 Å². The number of benzene rings is 4. The molecule has 2 N–H and O–H groups in total. The predicted octanol–water partition coefficient (Wildman–Crippen LogP) is 7.72. The molecule has 0 spiro atoms. The Labute approximate surface area is 271 Å². The highest BCUT2D eigenvalue weighted by Crippen LogP contribution is 2.30. The van der Waals surface area contributed by atoms with Crippen LogP contribution in [0, 0.1) is 0 Å². The van der Waals surface area contributed by atoms with E-state index in [-0.39, 0.29) is 23.7 Å². The Balaban J connectivity index is 1.54. The Morgan fingerprint density at radius 3 is 2.02 bits per heavy atom. The van der Waals surface area contributed by atoms with Crippen molar-refractivity contribution < 1.29 is 24.3 Å². The maximum Gasteiger partial charge on any atom is 0.326 e. The van der Waals surface area contributed by atoms with E-state index in [9.17, 15) is 24.3 Å². The van der Waals surface area contributed by atoms with Crippen molar-refractivity contribution in [2.45, 2.75) is 64.3 Å². The summed E-state index contributed by atoms with van der Waals surface area (Å²) in [4.78, 5) is 53.6. The van der Waals surface area contributed by atoms with Crippen LogP contribution in [0.25, 0.3) is 11.1 Å². The lowest BCUT2D eigenvalue weighted by atomic mass is 9.97. The summed E-state index contributed by atoms with van der Waals surface area (Å²) in [5.41, 5.74) is 4.10. The number of anilines is 1. The molecule has 0 aliphatic carbocycles. The molecule has 0 heterocycles. The molecule has 238 valence electrons. The lowest BCUT2D eigenvalue weighted by Crippen LogP contribution is -2.42. The summed E-state index contributed by atoms with van der Waals surface area (Å²) in [5, 5.41) is 12.8. The van der Waals surface area contributed by atoms with Gasteiger partial charge in [0.15, 0.2) is 5.78 Å². The topological polar surface area (TPSA) is 104 Å².